The number of carbonyl (C=O) groups excluding carboxylic acids is 2. The van der Waals surface area contributed by atoms with Crippen molar-refractivity contribution in [3.05, 3.63) is 23.5 Å². The Bertz CT molecular complexity index is 1070. The molecule has 5 aliphatic carbocycles. The van der Waals surface area contributed by atoms with E-state index in [1.165, 1.54) is 13.0 Å². The van der Waals surface area contributed by atoms with Crippen molar-refractivity contribution in [3.63, 3.8) is 0 Å². The maximum absolute atomic E-state index is 17.5. The van der Waals surface area contributed by atoms with E-state index in [0.29, 0.717) is 19.3 Å². The first-order valence-corrected chi connectivity index (χ1v) is 13.1. The molecular weight excluding hydrogens is 475 g/mol. The number of carbonyl (C=O) groups is 2. The van der Waals surface area contributed by atoms with Crippen molar-refractivity contribution in [2.45, 2.75) is 84.2 Å². The van der Waals surface area contributed by atoms with E-state index < -0.39 is 57.8 Å². The molecule has 0 bridgehead atoms. The van der Waals surface area contributed by atoms with Gasteiger partial charge in [0, 0.05) is 11.8 Å². The summed E-state index contributed by atoms with van der Waals surface area (Å²) < 4.78 is 38.7. The van der Waals surface area contributed by atoms with Gasteiger partial charge in [-0.25, -0.2) is 8.78 Å². The van der Waals surface area contributed by atoms with Gasteiger partial charge in [-0.15, -0.1) is 0 Å². The van der Waals surface area contributed by atoms with Crippen LogP contribution in [0.2, 0.25) is 0 Å². The Morgan fingerprint density at radius 2 is 1.89 bits per heavy atom. The highest BCUT2D eigenvalue weighted by atomic mass is 32.1. The highest BCUT2D eigenvalue weighted by Gasteiger charge is 2.73. The van der Waals surface area contributed by atoms with Crippen LogP contribution in [0.15, 0.2) is 23.5 Å². The molecule has 0 aromatic rings. The summed E-state index contributed by atoms with van der Waals surface area (Å²) in [5.74, 6) is -3.11. The minimum Gasteiger partial charge on any atom is -0.502 e. The standard InChI is InChI=1S/C27H34F2O5S/c1-13-8-14-15-9-17(28)16-10-18(30)19(34-23(33)24(2)6-5-7-24)11-26(16,4)27(15,29)20(31)12-25(14,3)21(13)22(32)35/h10-11,13-15,17,20-21,31H,5-9,12H2,1-4H3,(H,32,35)/t13-,14+,15+,17+,20+,21-,25+,26+,27+/m1/s1/i31+1. The van der Waals surface area contributed by atoms with Gasteiger partial charge in [-0.1, -0.05) is 20.3 Å². The molecule has 0 heterocycles. The van der Waals surface area contributed by atoms with Crippen LogP contribution in [-0.2, 0) is 14.3 Å². The molecular formula is C27H34F2O5S. The molecule has 0 unspecified atom stereocenters. The van der Waals surface area contributed by atoms with Crippen molar-refractivity contribution >= 4 is 29.0 Å². The van der Waals surface area contributed by atoms with Gasteiger partial charge >= 0.3 is 5.97 Å². The predicted octanol–water partition coefficient (Wildman–Crippen LogP) is 5.11. The quantitative estimate of drug-likeness (QED) is 0.406. The number of fused-ring (bicyclic) bond motifs is 5. The number of hydrogen-bond acceptors (Lipinski definition) is 5. The van der Waals surface area contributed by atoms with Crippen LogP contribution in [0, 0.1) is 39.9 Å². The monoisotopic (exact) mass is 509 g/mol. The molecule has 0 aromatic heterocycles. The first kappa shape index (κ1) is 25.0. The van der Waals surface area contributed by atoms with E-state index in [2.05, 4.69) is 0 Å². The molecule has 5 nitrogen and oxygen atoms in total. The van der Waals surface area contributed by atoms with Crippen molar-refractivity contribution in [2.75, 3.05) is 0 Å². The summed E-state index contributed by atoms with van der Waals surface area (Å²) in [4.78, 5) is 25.6. The summed E-state index contributed by atoms with van der Waals surface area (Å²) in [5, 5.41) is 21.5. The molecule has 4 saturated carbocycles. The van der Waals surface area contributed by atoms with Crippen molar-refractivity contribution in [1.82, 2.24) is 0 Å². The summed E-state index contributed by atoms with van der Waals surface area (Å²) in [6.45, 7) is 7.13. The van der Waals surface area contributed by atoms with Crippen molar-refractivity contribution in [3.8, 4) is 0 Å². The van der Waals surface area contributed by atoms with Gasteiger partial charge in [0.25, 0.3) is 0 Å². The number of allylic oxidation sites excluding steroid dienone is 3. The van der Waals surface area contributed by atoms with E-state index in [1.54, 1.807) is 6.92 Å². The fourth-order valence-corrected chi connectivity index (χ4v) is 8.88. The molecule has 9 atom stereocenters. The van der Waals surface area contributed by atoms with E-state index in [9.17, 15) is 19.8 Å². The summed E-state index contributed by atoms with van der Waals surface area (Å²) in [6, 6.07) is 0. The second-order valence-electron chi connectivity index (χ2n) is 12.4. The number of hydrogen-bond donors (Lipinski definition) is 2. The third kappa shape index (κ3) is 3.14. The van der Waals surface area contributed by atoms with Crippen LogP contribution in [-0.4, -0.2) is 45.0 Å². The van der Waals surface area contributed by atoms with Crippen LogP contribution in [0.4, 0.5) is 8.78 Å². The van der Waals surface area contributed by atoms with Gasteiger partial charge < -0.3 is 14.9 Å². The lowest BCUT2D eigenvalue weighted by atomic mass is 9.45. The Labute approximate surface area is 210 Å². The van der Waals surface area contributed by atoms with Gasteiger partial charge in [-0.05, 0) is 93.1 Å². The number of aliphatic hydroxyl groups excluding tert-OH is 2. The smallest absolute Gasteiger partial charge is 0.317 e. The van der Waals surface area contributed by atoms with Gasteiger partial charge in [0.15, 0.2) is 16.5 Å². The molecule has 5 rings (SSSR count). The second-order valence-corrected chi connectivity index (χ2v) is 12.8. The topological polar surface area (TPSA) is 83.8 Å². The van der Waals surface area contributed by atoms with Gasteiger partial charge in [0.05, 0.1) is 16.9 Å². The Morgan fingerprint density at radius 3 is 2.46 bits per heavy atom. The molecule has 2 N–H and O–H groups in total. The molecule has 5 aliphatic rings. The second kappa shape index (κ2) is 7.67. The van der Waals surface area contributed by atoms with Crippen LogP contribution in [0.5, 0.6) is 0 Å². The fourth-order valence-electron chi connectivity index (χ4n) is 8.38. The normalized spacial score (nSPS) is 47.9. The largest absolute Gasteiger partial charge is 0.502 e. The lowest BCUT2D eigenvalue weighted by molar-refractivity contribution is -0.199. The number of aliphatic hydroxyl groups is 2. The summed E-state index contributed by atoms with van der Waals surface area (Å²) in [5.41, 5.74) is -5.32. The Balaban J connectivity index is 1.57. The van der Waals surface area contributed by atoms with E-state index in [1.807, 2.05) is 13.8 Å². The minimum absolute atomic E-state index is 0.0150. The first-order chi connectivity index (χ1) is 16.2. The van der Waals surface area contributed by atoms with E-state index in [4.69, 9.17) is 17.0 Å². The molecule has 0 aromatic carbocycles. The third-order valence-electron chi connectivity index (χ3n) is 10.5. The molecule has 8 heteroatoms. The SMILES string of the molecule is C[C@@H]1C[C@H]2[C@@H]3C[C@H](F)C4=CC(=O)C(OC(=O)C5(C)CCC5)=C[C@]4(C)[C@@]3(F)[C@@H]([17OH])C[C@]2(C)[C@H]1C(O)=S. The van der Waals surface area contributed by atoms with E-state index in [0.717, 1.165) is 12.5 Å². The third-order valence-corrected chi connectivity index (χ3v) is 10.7. The summed E-state index contributed by atoms with van der Waals surface area (Å²) in [7, 11) is 0. The Morgan fingerprint density at radius 1 is 1.23 bits per heavy atom. The highest BCUT2D eigenvalue weighted by molar-refractivity contribution is 7.80. The van der Waals surface area contributed by atoms with Gasteiger partial charge in [-0.3, -0.25) is 9.59 Å². The van der Waals surface area contributed by atoms with Crippen molar-refractivity contribution in [1.29, 1.82) is 0 Å². The lowest BCUT2D eigenvalue weighted by Crippen LogP contribution is -2.68. The number of esters is 1. The average molecular weight is 510 g/mol. The molecule has 0 spiro atoms. The molecule has 0 aliphatic heterocycles. The maximum atomic E-state index is 17.5. The van der Waals surface area contributed by atoms with Crippen LogP contribution in [0.3, 0.4) is 0 Å². The zero-order valence-corrected chi connectivity index (χ0v) is 21.5. The first-order valence-electron chi connectivity index (χ1n) is 12.6. The highest BCUT2D eigenvalue weighted by Crippen LogP contribution is 2.70. The van der Waals surface area contributed by atoms with Crippen molar-refractivity contribution in [2.24, 2.45) is 39.9 Å². The van der Waals surface area contributed by atoms with E-state index >= 15 is 8.78 Å². The maximum Gasteiger partial charge on any atom is 0.317 e. The molecule has 0 radical (unpaired) electrons. The number of ether oxygens (including phenoxy) is 1. The number of alkyl halides is 2. The average Bonchev–Trinajstić information content (AvgIpc) is 3.00. The Hall–Kier alpha value is -1.67. The zero-order valence-electron chi connectivity index (χ0n) is 20.6. The molecule has 4 fully saturated rings. The van der Waals surface area contributed by atoms with E-state index in [-0.39, 0.29) is 41.1 Å². The van der Waals surface area contributed by atoms with Gasteiger partial charge in [-0.2, -0.15) is 0 Å². The molecule has 35 heavy (non-hydrogen) atoms. The van der Waals surface area contributed by atoms with Crippen LogP contribution in [0.25, 0.3) is 0 Å². The lowest BCUT2D eigenvalue weighted by Gasteiger charge is -2.62. The zero-order chi connectivity index (χ0) is 25.7. The summed E-state index contributed by atoms with van der Waals surface area (Å²) in [6.07, 6.45) is 1.88. The van der Waals surface area contributed by atoms with Gasteiger partial charge in [0.2, 0.25) is 5.78 Å². The van der Waals surface area contributed by atoms with Crippen molar-refractivity contribution < 1.29 is 33.3 Å². The number of thiocarbonyl (C=S) groups is 1. The molecule has 0 saturated heterocycles. The van der Waals surface area contributed by atoms with Crippen LogP contribution < -0.4 is 0 Å². The summed E-state index contributed by atoms with van der Waals surface area (Å²) >= 11 is 5.14. The van der Waals surface area contributed by atoms with Gasteiger partial charge in [0.1, 0.15) is 6.17 Å². The predicted molar refractivity (Wildman–Crippen MR) is 129 cm³/mol. The Kier molecular flexibility index (Phi) is 5.48. The molecule has 0 amide bonds. The van der Waals surface area contributed by atoms with Crippen LogP contribution in [0.1, 0.15) is 66.2 Å². The number of rotatable bonds is 3. The number of halogens is 2. The minimum atomic E-state index is -2.28. The fraction of sp³-hybridized carbons (Fsp3) is 0.741. The number of ketones is 1. The molecule has 192 valence electrons. The van der Waals surface area contributed by atoms with Crippen LogP contribution >= 0.6 is 12.2 Å².